The molecule has 0 aromatic carbocycles. The third-order valence-electron chi connectivity index (χ3n) is 1.03. The molecule has 0 fully saturated rings. The quantitative estimate of drug-likeness (QED) is 0.551. The molecule has 0 aliphatic rings. The van der Waals surface area contributed by atoms with Gasteiger partial charge in [0.25, 0.3) is 0 Å². The molecule has 46 valence electrons. The van der Waals surface area contributed by atoms with E-state index < -0.39 is 0 Å². The van der Waals surface area contributed by atoms with Crippen LogP contribution in [0.4, 0.5) is 0 Å². The van der Waals surface area contributed by atoms with E-state index in [0.29, 0.717) is 0 Å². The first-order chi connectivity index (χ1) is 4.43. The average Bonchev–Trinajstić information content (AvgIpc) is 1.91. The topological polar surface area (TPSA) is 12.9 Å². The van der Waals surface area contributed by atoms with Crippen molar-refractivity contribution in [3.63, 3.8) is 0 Å². The van der Waals surface area contributed by atoms with Crippen LogP contribution in [0.15, 0.2) is 30.5 Å². The zero-order valence-electron chi connectivity index (χ0n) is 5.41. The number of hydrogen-bond acceptors (Lipinski definition) is 1. The van der Waals surface area contributed by atoms with Crippen LogP contribution in [0.5, 0.6) is 0 Å². The Bertz CT molecular complexity index is 189. The van der Waals surface area contributed by atoms with E-state index >= 15 is 0 Å². The highest BCUT2D eigenvalue weighted by atomic mass is 14.6. The third-order valence-corrected chi connectivity index (χ3v) is 1.03. The first-order valence-electron chi connectivity index (χ1n) is 2.97. The SMILES string of the molecule is C/C=C\c1ccccn1. The van der Waals surface area contributed by atoms with E-state index in [-0.39, 0.29) is 0 Å². The predicted molar refractivity (Wildman–Crippen MR) is 38.9 cm³/mol. The van der Waals surface area contributed by atoms with Gasteiger partial charge in [-0.05, 0) is 25.1 Å². The summed E-state index contributed by atoms with van der Waals surface area (Å²) in [5.41, 5.74) is 1.01. The molecule has 0 amide bonds. The van der Waals surface area contributed by atoms with E-state index in [2.05, 4.69) is 4.98 Å². The van der Waals surface area contributed by atoms with Crippen LogP contribution < -0.4 is 0 Å². The number of nitrogens with zero attached hydrogens (tertiary/aromatic N) is 1. The molecule has 1 aromatic rings. The fourth-order valence-electron chi connectivity index (χ4n) is 0.645. The number of hydrogen-bond donors (Lipinski definition) is 0. The van der Waals surface area contributed by atoms with Crippen molar-refractivity contribution in [1.29, 1.82) is 0 Å². The highest BCUT2D eigenvalue weighted by Gasteiger charge is 1.79. The van der Waals surface area contributed by atoms with E-state index in [1.54, 1.807) is 6.20 Å². The van der Waals surface area contributed by atoms with Crippen molar-refractivity contribution >= 4 is 6.08 Å². The van der Waals surface area contributed by atoms with Crippen LogP contribution in [0.2, 0.25) is 0 Å². The van der Waals surface area contributed by atoms with Crippen LogP contribution in [0.25, 0.3) is 6.08 Å². The fraction of sp³-hybridized carbons (Fsp3) is 0.125. The van der Waals surface area contributed by atoms with Crippen LogP contribution >= 0.6 is 0 Å². The van der Waals surface area contributed by atoms with Gasteiger partial charge in [-0.25, -0.2) is 0 Å². The summed E-state index contributed by atoms with van der Waals surface area (Å²) in [7, 11) is 0. The van der Waals surface area contributed by atoms with Gasteiger partial charge in [0.15, 0.2) is 0 Å². The highest BCUT2D eigenvalue weighted by molar-refractivity contribution is 5.42. The van der Waals surface area contributed by atoms with Gasteiger partial charge < -0.3 is 0 Å². The molecule has 0 saturated carbocycles. The molecule has 1 heterocycles. The van der Waals surface area contributed by atoms with E-state index in [0.717, 1.165) is 5.69 Å². The summed E-state index contributed by atoms with van der Waals surface area (Å²) in [6.07, 6.45) is 5.73. The lowest BCUT2D eigenvalue weighted by Gasteiger charge is -1.86. The molecule has 1 aromatic heterocycles. The Morgan fingerprint density at radius 1 is 1.44 bits per heavy atom. The Morgan fingerprint density at radius 3 is 2.89 bits per heavy atom. The Kier molecular flexibility index (Phi) is 2.02. The van der Waals surface area contributed by atoms with Gasteiger partial charge in [0, 0.05) is 6.20 Å². The fourth-order valence-corrected chi connectivity index (χ4v) is 0.645. The lowest BCUT2D eigenvalue weighted by Crippen LogP contribution is -1.74. The number of rotatable bonds is 1. The van der Waals surface area contributed by atoms with Crippen LogP contribution in [-0.2, 0) is 0 Å². The Balaban J connectivity index is 2.85. The molecular formula is C8H9N. The second-order valence-electron chi connectivity index (χ2n) is 1.75. The Morgan fingerprint density at radius 2 is 2.33 bits per heavy atom. The van der Waals surface area contributed by atoms with Gasteiger partial charge in [-0.1, -0.05) is 12.1 Å². The van der Waals surface area contributed by atoms with Gasteiger partial charge in [-0.15, -0.1) is 0 Å². The Labute approximate surface area is 55.1 Å². The molecule has 0 bridgehead atoms. The van der Waals surface area contributed by atoms with Gasteiger partial charge in [0.2, 0.25) is 0 Å². The van der Waals surface area contributed by atoms with Crippen molar-refractivity contribution in [2.75, 3.05) is 0 Å². The predicted octanol–water partition coefficient (Wildman–Crippen LogP) is 2.11. The molecule has 0 spiro atoms. The third kappa shape index (κ3) is 1.68. The van der Waals surface area contributed by atoms with E-state index in [1.165, 1.54) is 0 Å². The van der Waals surface area contributed by atoms with Crippen LogP contribution in [0, 0.1) is 0 Å². The molecule has 1 heteroatoms. The van der Waals surface area contributed by atoms with Crippen molar-refractivity contribution in [2.24, 2.45) is 0 Å². The van der Waals surface area contributed by atoms with Crippen LogP contribution in [-0.4, -0.2) is 4.98 Å². The highest BCUT2D eigenvalue weighted by Crippen LogP contribution is 1.94. The summed E-state index contributed by atoms with van der Waals surface area (Å²) in [6, 6.07) is 5.86. The monoisotopic (exact) mass is 119 g/mol. The van der Waals surface area contributed by atoms with E-state index in [1.807, 2.05) is 37.3 Å². The maximum atomic E-state index is 4.08. The summed E-state index contributed by atoms with van der Waals surface area (Å²) >= 11 is 0. The van der Waals surface area contributed by atoms with Gasteiger partial charge in [0.05, 0.1) is 5.69 Å². The van der Waals surface area contributed by atoms with Crippen molar-refractivity contribution in [2.45, 2.75) is 6.92 Å². The lowest BCUT2D eigenvalue weighted by atomic mass is 10.3. The molecule has 0 aliphatic carbocycles. The molecular weight excluding hydrogens is 110 g/mol. The molecule has 0 atom stereocenters. The molecule has 0 N–H and O–H groups in total. The maximum absolute atomic E-state index is 4.08. The summed E-state index contributed by atoms with van der Waals surface area (Å²) in [6.45, 7) is 1.98. The first kappa shape index (κ1) is 6.02. The summed E-state index contributed by atoms with van der Waals surface area (Å²) in [5.74, 6) is 0. The molecule has 9 heavy (non-hydrogen) atoms. The standard InChI is InChI=1S/C8H9N/c1-2-5-8-6-3-4-7-9-8/h2-7H,1H3/b5-2-. The van der Waals surface area contributed by atoms with Crippen LogP contribution in [0.1, 0.15) is 12.6 Å². The number of aromatic nitrogens is 1. The smallest absolute Gasteiger partial charge is 0.0626 e. The van der Waals surface area contributed by atoms with Crippen molar-refractivity contribution < 1.29 is 0 Å². The molecule has 1 rings (SSSR count). The Hall–Kier alpha value is -1.11. The minimum Gasteiger partial charge on any atom is -0.257 e. The normalized spacial score (nSPS) is 10.3. The van der Waals surface area contributed by atoms with Gasteiger partial charge in [-0.3, -0.25) is 4.98 Å². The van der Waals surface area contributed by atoms with Crippen molar-refractivity contribution in [3.05, 3.63) is 36.2 Å². The lowest BCUT2D eigenvalue weighted by molar-refractivity contribution is 1.29. The van der Waals surface area contributed by atoms with Gasteiger partial charge >= 0.3 is 0 Å². The largest absolute Gasteiger partial charge is 0.257 e. The van der Waals surface area contributed by atoms with Crippen molar-refractivity contribution in [3.8, 4) is 0 Å². The number of allylic oxidation sites excluding steroid dienone is 1. The minimum atomic E-state index is 1.01. The second-order valence-corrected chi connectivity index (χ2v) is 1.75. The zero-order chi connectivity index (χ0) is 6.53. The number of pyridine rings is 1. The molecule has 0 unspecified atom stereocenters. The van der Waals surface area contributed by atoms with Gasteiger partial charge in [-0.2, -0.15) is 0 Å². The summed E-state index contributed by atoms with van der Waals surface area (Å²) < 4.78 is 0. The summed E-state index contributed by atoms with van der Waals surface area (Å²) in [4.78, 5) is 4.08. The average molecular weight is 119 g/mol. The second kappa shape index (κ2) is 3.02. The zero-order valence-corrected chi connectivity index (χ0v) is 5.41. The van der Waals surface area contributed by atoms with E-state index in [4.69, 9.17) is 0 Å². The molecule has 0 radical (unpaired) electrons. The van der Waals surface area contributed by atoms with E-state index in [9.17, 15) is 0 Å². The molecule has 0 aliphatic heterocycles. The first-order valence-corrected chi connectivity index (χ1v) is 2.97. The van der Waals surface area contributed by atoms with Crippen molar-refractivity contribution in [1.82, 2.24) is 4.98 Å². The maximum Gasteiger partial charge on any atom is 0.0626 e. The molecule has 0 saturated heterocycles. The molecule has 1 nitrogen and oxygen atoms in total. The van der Waals surface area contributed by atoms with Crippen LogP contribution in [0.3, 0.4) is 0 Å². The minimum absolute atomic E-state index is 1.01. The van der Waals surface area contributed by atoms with Gasteiger partial charge in [0.1, 0.15) is 0 Å². The summed E-state index contributed by atoms with van der Waals surface area (Å²) in [5, 5.41) is 0.